The molecule has 3 heterocycles. The monoisotopic (exact) mass is 841 g/mol. The van der Waals surface area contributed by atoms with Gasteiger partial charge < -0.3 is 39.8 Å². The van der Waals surface area contributed by atoms with Gasteiger partial charge in [0.1, 0.15) is 42.0 Å². The van der Waals surface area contributed by atoms with E-state index in [4.69, 9.17) is 40.3 Å². The number of aromatic nitrogens is 2. The fourth-order valence-corrected chi connectivity index (χ4v) is 8.14. The number of aliphatic hydroxyl groups excluding tert-OH is 2. The van der Waals surface area contributed by atoms with Crippen molar-refractivity contribution in [2.45, 2.75) is 147 Å². The van der Waals surface area contributed by atoms with Crippen LogP contribution >= 0.6 is 7.82 Å². The van der Waals surface area contributed by atoms with Crippen molar-refractivity contribution < 1.29 is 47.7 Å². The number of ether oxygens (including phenoxy) is 4. The molecule has 16 heteroatoms. The summed E-state index contributed by atoms with van der Waals surface area (Å²) in [6, 6.07) is 9.82. The average Bonchev–Trinajstić information content (AvgIpc) is 3.77. The van der Waals surface area contributed by atoms with Crippen LogP contribution in [0.5, 0.6) is 11.5 Å². The van der Waals surface area contributed by atoms with Crippen LogP contribution in [0.15, 0.2) is 36.5 Å². The minimum absolute atomic E-state index is 0.0236. The minimum Gasteiger partial charge on any atom is -0.508 e. The molecule has 0 amide bonds. The maximum Gasteiger partial charge on any atom is 0.472 e. The van der Waals surface area contributed by atoms with Crippen molar-refractivity contribution in [2.75, 3.05) is 39.3 Å². The second-order valence-electron chi connectivity index (χ2n) is 15.3. The molecule has 59 heavy (non-hydrogen) atoms. The number of hydrogen-bond donors (Lipinski definition) is 4. The summed E-state index contributed by atoms with van der Waals surface area (Å²) in [4.78, 5) is 14.2. The van der Waals surface area contributed by atoms with Gasteiger partial charge in [-0.15, -0.1) is 0 Å². The highest BCUT2D eigenvalue weighted by Crippen LogP contribution is 2.46. The molecule has 1 aliphatic heterocycles. The Balaban J connectivity index is 1.24. The van der Waals surface area contributed by atoms with E-state index in [-0.39, 0.29) is 12.3 Å². The number of aliphatic hydroxyl groups is 2. The molecule has 1 fully saturated rings. The van der Waals surface area contributed by atoms with Gasteiger partial charge >= 0.3 is 7.82 Å². The van der Waals surface area contributed by atoms with E-state index in [1.807, 2.05) is 6.07 Å². The summed E-state index contributed by atoms with van der Waals surface area (Å²) in [5.74, 6) is 0.663. The second-order valence-corrected chi connectivity index (χ2v) is 16.8. The standard InChI is InChI=1S/C43H64N5O10P/c1-5-6-7-8-9-10-11-12-13-14-15-16-17-18-19-20-25-54-28-34(57-33-26-32(2)40(46-3)37(27-33)53-4)29-55-59(51,52)56-30-38-41(49)42(50)43(31-44,58-38)39-22-21-36-35(45)23-24-47-48(36)39/h21-24,26-27,34,38,41-42,49-50H,5-20,25,28-30,45H2,1-2,4H3,(H,51,52)/t34-,38-,41-,42-,43+/m1/s1. The molecule has 0 saturated carbocycles. The first-order valence-corrected chi connectivity index (χ1v) is 22.6. The van der Waals surface area contributed by atoms with E-state index in [1.54, 1.807) is 31.2 Å². The Morgan fingerprint density at radius 2 is 1.61 bits per heavy atom. The number of nitrogens with two attached hydrogens (primary N) is 1. The summed E-state index contributed by atoms with van der Waals surface area (Å²) in [5, 5.41) is 36.3. The third kappa shape index (κ3) is 13.9. The highest BCUT2D eigenvalue weighted by Gasteiger charge is 2.58. The molecule has 0 bridgehead atoms. The van der Waals surface area contributed by atoms with E-state index in [9.17, 15) is 24.9 Å². The molecule has 326 valence electrons. The third-order valence-corrected chi connectivity index (χ3v) is 11.7. The van der Waals surface area contributed by atoms with Crippen molar-refractivity contribution in [2.24, 2.45) is 0 Å². The number of anilines is 1. The van der Waals surface area contributed by atoms with Crippen molar-refractivity contribution in [1.82, 2.24) is 9.61 Å². The number of aryl methyl sites for hydroxylation is 1. The zero-order chi connectivity index (χ0) is 42.7. The van der Waals surface area contributed by atoms with Crippen LogP contribution in [0.1, 0.15) is 121 Å². The largest absolute Gasteiger partial charge is 0.508 e. The normalized spacial score (nSPS) is 20.6. The molecule has 4 rings (SSSR count). The molecule has 1 aromatic carbocycles. The van der Waals surface area contributed by atoms with Crippen LogP contribution in [0.4, 0.5) is 11.4 Å². The van der Waals surface area contributed by atoms with Crippen LogP contribution in [0, 0.1) is 24.8 Å². The lowest BCUT2D eigenvalue weighted by Crippen LogP contribution is -2.41. The van der Waals surface area contributed by atoms with Gasteiger partial charge in [0.05, 0.1) is 50.4 Å². The highest BCUT2D eigenvalue weighted by molar-refractivity contribution is 7.47. The van der Waals surface area contributed by atoms with E-state index >= 15 is 0 Å². The van der Waals surface area contributed by atoms with Crippen molar-refractivity contribution in [3.8, 4) is 17.6 Å². The Hall–Kier alpha value is -3.76. The highest BCUT2D eigenvalue weighted by atomic mass is 31.2. The minimum atomic E-state index is -4.81. The summed E-state index contributed by atoms with van der Waals surface area (Å²) in [5.41, 5.74) is 5.83. The van der Waals surface area contributed by atoms with Crippen LogP contribution in [-0.2, 0) is 28.7 Å². The number of nitriles is 1. The summed E-state index contributed by atoms with van der Waals surface area (Å²) < 4.78 is 48.3. The molecule has 5 N–H and O–H groups in total. The van der Waals surface area contributed by atoms with E-state index in [0.29, 0.717) is 40.6 Å². The molecule has 0 aliphatic carbocycles. The smallest absolute Gasteiger partial charge is 0.472 e. The van der Waals surface area contributed by atoms with Gasteiger partial charge in [-0.1, -0.05) is 103 Å². The van der Waals surface area contributed by atoms with Crippen LogP contribution in [0.3, 0.4) is 0 Å². The molecule has 0 radical (unpaired) electrons. The van der Waals surface area contributed by atoms with Gasteiger partial charge in [0.25, 0.3) is 0 Å². The first kappa shape index (κ1) is 47.9. The van der Waals surface area contributed by atoms with E-state index in [2.05, 4.69) is 16.9 Å². The summed E-state index contributed by atoms with van der Waals surface area (Å²) in [6.07, 6.45) is 16.0. The number of nitrogen functional groups attached to an aromatic ring is 1. The molecular weight excluding hydrogens is 777 g/mol. The SMILES string of the molecule is [C-]#[N+]c1c(C)cc(O[C@H](COCCCCCCCCCCCCCCCCCC)COP(=O)(O)OC[C@H]2O[C@@](C#N)(c3ccc4c(N)ccnn34)[C@H](O)[C@@H]2O)cc1OC. The van der Waals surface area contributed by atoms with Gasteiger partial charge in [-0.3, -0.25) is 9.05 Å². The number of phosphoric acid groups is 1. The van der Waals surface area contributed by atoms with Crippen LogP contribution in [-0.4, -0.2) is 82.7 Å². The van der Waals surface area contributed by atoms with Crippen molar-refractivity contribution in [3.05, 3.63) is 59.2 Å². The second kappa shape index (κ2) is 24.5. The lowest BCUT2D eigenvalue weighted by molar-refractivity contribution is -0.0651. The van der Waals surface area contributed by atoms with Gasteiger partial charge in [-0.05, 0) is 43.2 Å². The predicted molar refractivity (Wildman–Crippen MR) is 224 cm³/mol. The number of hydrogen-bond acceptors (Lipinski definition) is 12. The molecule has 2 aromatic heterocycles. The molecule has 15 nitrogen and oxygen atoms in total. The zero-order valence-electron chi connectivity index (χ0n) is 34.9. The number of phosphoric ester groups is 1. The molecule has 3 aromatic rings. The fourth-order valence-electron chi connectivity index (χ4n) is 7.37. The maximum atomic E-state index is 13.1. The summed E-state index contributed by atoms with van der Waals surface area (Å²) in [7, 11) is -3.36. The number of rotatable bonds is 29. The van der Waals surface area contributed by atoms with Crippen molar-refractivity contribution in [3.63, 3.8) is 0 Å². The molecule has 1 unspecified atom stereocenters. The first-order valence-electron chi connectivity index (χ1n) is 21.1. The molecular formula is C43H64N5O10P. The Morgan fingerprint density at radius 3 is 2.20 bits per heavy atom. The first-order chi connectivity index (χ1) is 28.5. The van der Waals surface area contributed by atoms with E-state index in [0.717, 1.165) is 19.3 Å². The van der Waals surface area contributed by atoms with Gasteiger partial charge in [-0.2, -0.15) is 10.4 Å². The Labute approximate surface area is 349 Å². The number of fused-ring (bicyclic) bond motifs is 1. The number of benzene rings is 1. The van der Waals surface area contributed by atoms with Crippen LogP contribution in [0.2, 0.25) is 0 Å². The zero-order valence-corrected chi connectivity index (χ0v) is 35.8. The number of methoxy groups -OCH3 is 1. The molecule has 1 aliphatic rings. The number of nitrogens with zero attached hydrogens (tertiary/aromatic N) is 4. The van der Waals surface area contributed by atoms with Gasteiger partial charge in [-0.25, -0.2) is 13.9 Å². The van der Waals surface area contributed by atoms with Gasteiger partial charge in [0.2, 0.25) is 11.3 Å². The third-order valence-electron chi connectivity index (χ3n) is 10.7. The molecule has 1 saturated heterocycles. The van der Waals surface area contributed by atoms with E-state index in [1.165, 1.54) is 107 Å². The average molecular weight is 842 g/mol. The van der Waals surface area contributed by atoms with Gasteiger partial charge in [0, 0.05) is 18.9 Å². The van der Waals surface area contributed by atoms with Crippen molar-refractivity contribution in [1.29, 1.82) is 5.26 Å². The maximum absolute atomic E-state index is 13.1. The van der Waals surface area contributed by atoms with Crippen molar-refractivity contribution >= 4 is 24.7 Å². The summed E-state index contributed by atoms with van der Waals surface area (Å²) >= 11 is 0. The predicted octanol–water partition coefficient (Wildman–Crippen LogP) is 8.48. The van der Waals surface area contributed by atoms with Crippen LogP contribution < -0.4 is 15.2 Å². The Bertz CT molecular complexity index is 1860. The Kier molecular flexibility index (Phi) is 19.9. The number of unbranched alkanes of at least 4 members (excludes halogenated alkanes) is 15. The Morgan fingerprint density at radius 1 is 0.983 bits per heavy atom. The van der Waals surface area contributed by atoms with Crippen LogP contribution in [0.25, 0.3) is 10.4 Å². The summed E-state index contributed by atoms with van der Waals surface area (Å²) in [6.45, 7) is 10.8. The quantitative estimate of drug-likeness (QED) is 0.0294. The topological polar surface area (TPSA) is 205 Å². The molecule has 6 atom stereocenters. The fraction of sp³-hybridized carbons (Fsp3) is 0.651. The van der Waals surface area contributed by atoms with E-state index < -0.39 is 51.1 Å². The lowest BCUT2D eigenvalue weighted by Gasteiger charge is -2.24. The lowest BCUT2D eigenvalue weighted by atomic mass is 9.92. The molecule has 0 spiro atoms. The van der Waals surface area contributed by atoms with Gasteiger partial charge in [0.15, 0.2) is 0 Å².